The van der Waals surface area contributed by atoms with Gasteiger partial charge < -0.3 is 9.47 Å². The second kappa shape index (κ2) is 7.85. The van der Waals surface area contributed by atoms with Crippen LogP contribution in [0.3, 0.4) is 0 Å². The van der Waals surface area contributed by atoms with E-state index in [2.05, 4.69) is 0 Å². The van der Waals surface area contributed by atoms with E-state index in [1.54, 1.807) is 19.9 Å². The van der Waals surface area contributed by atoms with Gasteiger partial charge in [-0.2, -0.15) is 0 Å². The molecule has 158 valence electrons. The van der Waals surface area contributed by atoms with Crippen molar-refractivity contribution < 1.29 is 26.3 Å². The van der Waals surface area contributed by atoms with Gasteiger partial charge in [-0.25, -0.2) is 22.0 Å². The lowest BCUT2D eigenvalue weighted by Gasteiger charge is -2.25. The molecule has 1 aliphatic rings. The quantitative estimate of drug-likeness (QED) is 0.706. The number of benzene rings is 2. The topological polar surface area (TPSA) is 116 Å². The van der Waals surface area contributed by atoms with Crippen LogP contribution >= 0.6 is 0 Å². The predicted molar refractivity (Wildman–Crippen MR) is 109 cm³/mol. The Morgan fingerprint density at radius 3 is 2.21 bits per heavy atom. The first-order chi connectivity index (χ1) is 13.6. The van der Waals surface area contributed by atoms with Gasteiger partial charge in [-0.05, 0) is 63.1 Å². The molecule has 29 heavy (non-hydrogen) atoms. The van der Waals surface area contributed by atoms with E-state index in [-0.39, 0.29) is 15.8 Å². The van der Waals surface area contributed by atoms with Gasteiger partial charge in [-0.3, -0.25) is 4.31 Å². The first kappa shape index (κ1) is 21.4. The molecule has 3 rings (SSSR count). The molecule has 1 heterocycles. The average Bonchev–Trinajstić information content (AvgIpc) is 2.98. The number of primary sulfonamides is 1. The highest BCUT2D eigenvalue weighted by molar-refractivity contribution is 7.93. The van der Waals surface area contributed by atoms with Gasteiger partial charge in [0, 0.05) is 12.1 Å². The van der Waals surface area contributed by atoms with Crippen LogP contribution in [0, 0.1) is 0 Å². The fourth-order valence-electron chi connectivity index (χ4n) is 3.43. The second-order valence-corrected chi connectivity index (χ2v) is 10.0. The van der Waals surface area contributed by atoms with Crippen molar-refractivity contribution in [3.05, 3.63) is 42.0 Å². The van der Waals surface area contributed by atoms with Gasteiger partial charge in [0.2, 0.25) is 10.0 Å². The number of nitrogens with two attached hydrogens (primary N) is 1. The molecule has 2 N–H and O–H groups in total. The SMILES string of the molecule is CCOc1ccc(S(=O)(=O)N2c3ccc(S(N)(=O)=O)cc3CC2C)cc1OCC. The Hall–Kier alpha value is -2.30. The van der Waals surface area contributed by atoms with Crippen molar-refractivity contribution in [2.75, 3.05) is 17.5 Å². The molecule has 0 bridgehead atoms. The zero-order chi connectivity index (χ0) is 21.4. The third-order valence-corrected chi connectivity index (χ3v) is 7.44. The summed E-state index contributed by atoms with van der Waals surface area (Å²) < 4.78 is 62.4. The third-order valence-electron chi connectivity index (χ3n) is 4.60. The van der Waals surface area contributed by atoms with Crippen molar-refractivity contribution in [3.63, 3.8) is 0 Å². The molecule has 0 fully saturated rings. The van der Waals surface area contributed by atoms with Gasteiger partial charge in [0.15, 0.2) is 11.5 Å². The van der Waals surface area contributed by atoms with E-state index in [1.807, 2.05) is 6.92 Å². The van der Waals surface area contributed by atoms with Crippen molar-refractivity contribution in [3.8, 4) is 11.5 Å². The summed E-state index contributed by atoms with van der Waals surface area (Å²) in [6.07, 6.45) is 0.382. The summed E-state index contributed by atoms with van der Waals surface area (Å²) in [5, 5.41) is 5.20. The van der Waals surface area contributed by atoms with Gasteiger partial charge >= 0.3 is 0 Å². The lowest BCUT2D eigenvalue weighted by molar-refractivity contribution is 0.287. The summed E-state index contributed by atoms with van der Waals surface area (Å²) in [6, 6.07) is 8.35. The van der Waals surface area contributed by atoms with Crippen LogP contribution in [0.1, 0.15) is 26.3 Å². The summed E-state index contributed by atoms with van der Waals surface area (Å²) in [4.78, 5) is 0.0297. The van der Waals surface area contributed by atoms with Crippen molar-refractivity contribution in [2.45, 2.75) is 43.0 Å². The van der Waals surface area contributed by atoms with Gasteiger partial charge in [0.05, 0.1) is 28.7 Å². The maximum absolute atomic E-state index is 13.4. The molecule has 0 saturated heterocycles. The van der Waals surface area contributed by atoms with Gasteiger partial charge in [-0.15, -0.1) is 0 Å². The van der Waals surface area contributed by atoms with E-state index in [9.17, 15) is 16.8 Å². The number of anilines is 1. The number of nitrogens with zero attached hydrogens (tertiary/aromatic N) is 1. The van der Waals surface area contributed by atoms with Gasteiger partial charge in [0.25, 0.3) is 10.0 Å². The number of hydrogen-bond acceptors (Lipinski definition) is 6. The fourth-order valence-corrected chi connectivity index (χ4v) is 5.70. The Labute approximate surface area is 171 Å². The van der Waals surface area contributed by atoms with Crippen molar-refractivity contribution in [1.82, 2.24) is 0 Å². The van der Waals surface area contributed by atoms with Crippen LogP contribution in [0.15, 0.2) is 46.2 Å². The van der Waals surface area contributed by atoms with Crippen molar-refractivity contribution >= 4 is 25.7 Å². The van der Waals surface area contributed by atoms with E-state index < -0.39 is 20.0 Å². The minimum absolute atomic E-state index is 0.0394. The minimum atomic E-state index is -3.91. The lowest BCUT2D eigenvalue weighted by atomic mass is 10.1. The maximum atomic E-state index is 13.4. The van der Waals surface area contributed by atoms with E-state index in [4.69, 9.17) is 14.6 Å². The van der Waals surface area contributed by atoms with Gasteiger partial charge in [0.1, 0.15) is 0 Å². The number of hydrogen-bond donors (Lipinski definition) is 1. The number of fused-ring (bicyclic) bond motifs is 1. The molecule has 10 heteroatoms. The van der Waals surface area contributed by atoms with E-state index in [0.29, 0.717) is 42.4 Å². The Balaban J connectivity index is 2.06. The minimum Gasteiger partial charge on any atom is -0.490 e. The van der Waals surface area contributed by atoms with E-state index in [0.717, 1.165) is 0 Å². The lowest BCUT2D eigenvalue weighted by Crippen LogP contribution is -2.35. The first-order valence-electron chi connectivity index (χ1n) is 9.19. The van der Waals surface area contributed by atoms with Gasteiger partial charge in [-0.1, -0.05) is 0 Å². The molecule has 0 aliphatic carbocycles. The number of ether oxygens (including phenoxy) is 2. The van der Waals surface area contributed by atoms with Crippen LogP contribution in [0.25, 0.3) is 0 Å². The van der Waals surface area contributed by atoms with E-state index >= 15 is 0 Å². The Kier molecular flexibility index (Phi) is 5.79. The van der Waals surface area contributed by atoms with Crippen LogP contribution < -0.4 is 18.9 Å². The molecule has 0 aromatic heterocycles. The second-order valence-electron chi connectivity index (χ2n) is 6.66. The molecule has 0 spiro atoms. The molecule has 2 aromatic rings. The standard InChI is InChI=1S/C19H24N2O6S2/c1-4-26-18-9-7-16(12-19(18)27-5-2)29(24,25)21-13(3)10-14-11-15(28(20,22)23)6-8-17(14)21/h6-9,11-13H,4-5,10H2,1-3H3,(H2,20,22,23). The maximum Gasteiger partial charge on any atom is 0.264 e. The Bertz CT molecular complexity index is 1130. The van der Waals surface area contributed by atoms with Crippen LogP contribution in [-0.4, -0.2) is 36.1 Å². The summed E-state index contributed by atoms with van der Waals surface area (Å²) in [6.45, 7) is 6.20. The fraction of sp³-hybridized carbons (Fsp3) is 0.368. The number of sulfonamides is 2. The molecule has 2 aromatic carbocycles. The largest absolute Gasteiger partial charge is 0.490 e. The molecule has 0 amide bonds. The van der Waals surface area contributed by atoms with Crippen molar-refractivity contribution in [1.29, 1.82) is 0 Å². The Morgan fingerprint density at radius 2 is 1.59 bits per heavy atom. The zero-order valence-corrected chi connectivity index (χ0v) is 18.1. The summed E-state index contributed by atoms with van der Waals surface area (Å²) in [5.41, 5.74) is 1.06. The summed E-state index contributed by atoms with van der Waals surface area (Å²) in [5.74, 6) is 0.827. The van der Waals surface area contributed by atoms with Crippen LogP contribution in [0.2, 0.25) is 0 Å². The summed E-state index contributed by atoms with van der Waals surface area (Å²) in [7, 11) is -7.77. The molecular formula is C19H24N2O6S2. The van der Waals surface area contributed by atoms with Crippen LogP contribution in [-0.2, 0) is 26.5 Å². The first-order valence-corrected chi connectivity index (χ1v) is 12.2. The third kappa shape index (κ3) is 4.05. The molecule has 1 unspecified atom stereocenters. The Morgan fingerprint density at radius 1 is 0.966 bits per heavy atom. The molecular weight excluding hydrogens is 416 g/mol. The molecule has 0 radical (unpaired) electrons. The highest BCUT2D eigenvalue weighted by atomic mass is 32.2. The van der Waals surface area contributed by atoms with Crippen LogP contribution in [0.4, 0.5) is 5.69 Å². The zero-order valence-electron chi connectivity index (χ0n) is 16.5. The monoisotopic (exact) mass is 440 g/mol. The van der Waals surface area contributed by atoms with Crippen LogP contribution in [0.5, 0.6) is 11.5 Å². The average molecular weight is 441 g/mol. The molecule has 1 aliphatic heterocycles. The smallest absolute Gasteiger partial charge is 0.264 e. The number of rotatable bonds is 7. The normalized spacial score (nSPS) is 16.6. The molecule has 1 atom stereocenters. The highest BCUT2D eigenvalue weighted by Gasteiger charge is 2.37. The molecule has 8 nitrogen and oxygen atoms in total. The van der Waals surface area contributed by atoms with E-state index in [1.165, 1.54) is 34.6 Å². The van der Waals surface area contributed by atoms with Crippen molar-refractivity contribution in [2.24, 2.45) is 5.14 Å². The predicted octanol–water partition coefficient (Wildman–Crippen LogP) is 2.27. The summed E-state index contributed by atoms with van der Waals surface area (Å²) >= 11 is 0. The molecule has 0 saturated carbocycles. The highest BCUT2D eigenvalue weighted by Crippen LogP contribution is 2.39.